The zero-order valence-electron chi connectivity index (χ0n) is 13.2. The number of likely N-dealkylation sites (tertiary alicyclic amines) is 1. The quantitative estimate of drug-likeness (QED) is 0.794. The highest BCUT2D eigenvalue weighted by Gasteiger charge is 2.32. The summed E-state index contributed by atoms with van der Waals surface area (Å²) in [5.41, 5.74) is 1.20. The van der Waals surface area contributed by atoms with Gasteiger partial charge in [-0.15, -0.1) is 12.4 Å². The Morgan fingerprint density at radius 2 is 2.04 bits per heavy atom. The van der Waals surface area contributed by atoms with Crippen LogP contribution < -0.4 is 5.32 Å². The van der Waals surface area contributed by atoms with Gasteiger partial charge < -0.3 is 10.2 Å². The summed E-state index contributed by atoms with van der Waals surface area (Å²) in [6.07, 6.45) is 6.17. The van der Waals surface area contributed by atoms with E-state index in [4.69, 9.17) is 0 Å². The third-order valence-corrected chi connectivity index (χ3v) is 5.08. The van der Waals surface area contributed by atoms with Gasteiger partial charge in [0.15, 0.2) is 5.65 Å². The highest BCUT2D eigenvalue weighted by atomic mass is 79.9. The molecule has 7 nitrogen and oxygen atoms in total. The van der Waals surface area contributed by atoms with Crippen molar-refractivity contribution < 1.29 is 4.79 Å². The number of rotatable bonds is 2. The van der Waals surface area contributed by atoms with Crippen LogP contribution in [0.15, 0.2) is 23.1 Å². The van der Waals surface area contributed by atoms with E-state index >= 15 is 0 Å². The number of piperazine rings is 1. The number of aromatic nitrogens is 3. The zero-order chi connectivity index (χ0) is 15.8. The van der Waals surface area contributed by atoms with Gasteiger partial charge in [-0.3, -0.25) is 9.69 Å². The first-order valence-corrected chi connectivity index (χ1v) is 8.74. The van der Waals surface area contributed by atoms with E-state index < -0.39 is 0 Å². The fourth-order valence-corrected chi connectivity index (χ4v) is 3.74. The minimum absolute atomic E-state index is 0. The molecule has 1 atom stereocenters. The lowest BCUT2D eigenvalue weighted by atomic mass is 10.2. The molecule has 1 N–H and O–H groups in total. The first kappa shape index (κ1) is 17.6. The molecule has 1 unspecified atom stereocenters. The van der Waals surface area contributed by atoms with Gasteiger partial charge >= 0.3 is 0 Å². The predicted octanol–water partition coefficient (Wildman–Crippen LogP) is 1.03. The van der Waals surface area contributed by atoms with Crippen molar-refractivity contribution in [3.63, 3.8) is 0 Å². The smallest absolute Gasteiger partial charge is 0.259 e. The highest BCUT2D eigenvalue weighted by Crippen LogP contribution is 2.20. The summed E-state index contributed by atoms with van der Waals surface area (Å²) < 4.78 is 2.48. The van der Waals surface area contributed by atoms with E-state index in [9.17, 15) is 4.79 Å². The van der Waals surface area contributed by atoms with Gasteiger partial charge in [-0.2, -0.15) is 5.10 Å². The van der Waals surface area contributed by atoms with Crippen LogP contribution in [0.3, 0.4) is 0 Å². The Hall–Kier alpha value is -1.22. The average molecular weight is 416 g/mol. The van der Waals surface area contributed by atoms with Gasteiger partial charge in [0.05, 0.1) is 10.7 Å². The van der Waals surface area contributed by atoms with Crippen LogP contribution in [0.2, 0.25) is 0 Å². The van der Waals surface area contributed by atoms with Crippen LogP contribution in [-0.2, 0) is 0 Å². The molecule has 2 aromatic rings. The molecule has 1 amide bonds. The number of nitrogens with one attached hydrogen (secondary N) is 1. The van der Waals surface area contributed by atoms with E-state index in [1.54, 1.807) is 16.9 Å². The summed E-state index contributed by atoms with van der Waals surface area (Å²) in [6, 6.07) is 0.477. The van der Waals surface area contributed by atoms with E-state index in [0.29, 0.717) is 17.3 Å². The van der Waals surface area contributed by atoms with Crippen LogP contribution >= 0.6 is 28.3 Å². The molecule has 0 aliphatic carbocycles. The molecular formula is C15H20BrClN6O. The van der Waals surface area contributed by atoms with Crippen molar-refractivity contribution in [3.05, 3.63) is 28.6 Å². The SMILES string of the molecule is Cl.O=C(c1cnn2cc(Br)cnc12)N1CCC(N2CCNCC2)C1. The second kappa shape index (κ2) is 7.35. The number of carbonyl (C=O) groups is 1. The summed E-state index contributed by atoms with van der Waals surface area (Å²) in [5, 5.41) is 7.61. The van der Waals surface area contributed by atoms with Crippen LogP contribution in [0.25, 0.3) is 5.65 Å². The van der Waals surface area contributed by atoms with Gasteiger partial charge in [-0.1, -0.05) is 0 Å². The Bertz CT molecular complexity index is 732. The molecule has 0 saturated carbocycles. The third-order valence-electron chi connectivity index (χ3n) is 4.67. The maximum Gasteiger partial charge on any atom is 0.259 e. The Morgan fingerprint density at radius 3 is 2.83 bits per heavy atom. The fourth-order valence-electron chi connectivity index (χ4n) is 3.44. The number of carbonyl (C=O) groups excluding carboxylic acids is 1. The van der Waals surface area contributed by atoms with Crippen LogP contribution in [0.5, 0.6) is 0 Å². The lowest BCUT2D eigenvalue weighted by Crippen LogP contribution is -2.49. The number of nitrogens with zero attached hydrogens (tertiary/aromatic N) is 5. The van der Waals surface area contributed by atoms with Crippen molar-refractivity contribution in [2.45, 2.75) is 12.5 Å². The molecule has 0 spiro atoms. The zero-order valence-corrected chi connectivity index (χ0v) is 15.6. The van der Waals surface area contributed by atoms with E-state index in [0.717, 1.165) is 50.2 Å². The molecule has 4 heterocycles. The largest absolute Gasteiger partial charge is 0.337 e. The Labute approximate surface area is 154 Å². The maximum absolute atomic E-state index is 12.8. The van der Waals surface area contributed by atoms with Crippen molar-refractivity contribution in [2.24, 2.45) is 0 Å². The van der Waals surface area contributed by atoms with Crippen molar-refractivity contribution in [1.29, 1.82) is 0 Å². The molecule has 2 saturated heterocycles. The van der Waals surface area contributed by atoms with E-state index in [-0.39, 0.29) is 18.3 Å². The molecule has 24 heavy (non-hydrogen) atoms. The molecule has 2 fully saturated rings. The summed E-state index contributed by atoms with van der Waals surface area (Å²) in [4.78, 5) is 21.6. The molecule has 2 aromatic heterocycles. The van der Waals surface area contributed by atoms with Gasteiger partial charge in [0.1, 0.15) is 5.56 Å². The summed E-state index contributed by atoms with van der Waals surface area (Å²) in [6.45, 7) is 5.82. The van der Waals surface area contributed by atoms with Crippen molar-refractivity contribution in [1.82, 2.24) is 29.7 Å². The number of amides is 1. The Balaban J connectivity index is 0.00000169. The number of halogens is 2. The van der Waals surface area contributed by atoms with Gasteiger partial charge in [-0.25, -0.2) is 9.50 Å². The van der Waals surface area contributed by atoms with E-state index in [1.807, 2.05) is 11.1 Å². The second-order valence-electron chi connectivity index (χ2n) is 6.08. The topological polar surface area (TPSA) is 65.8 Å². The number of hydrogen-bond donors (Lipinski definition) is 1. The van der Waals surface area contributed by atoms with Crippen molar-refractivity contribution >= 4 is 39.9 Å². The van der Waals surface area contributed by atoms with Crippen LogP contribution in [0.1, 0.15) is 16.8 Å². The lowest BCUT2D eigenvalue weighted by molar-refractivity contribution is 0.0775. The van der Waals surface area contributed by atoms with Crippen molar-refractivity contribution in [3.8, 4) is 0 Å². The minimum Gasteiger partial charge on any atom is -0.337 e. The highest BCUT2D eigenvalue weighted by molar-refractivity contribution is 9.10. The van der Waals surface area contributed by atoms with Gasteiger partial charge in [-0.05, 0) is 22.4 Å². The van der Waals surface area contributed by atoms with Crippen LogP contribution in [-0.4, -0.2) is 75.6 Å². The van der Waals surface area contributed by atoms with E-state index in [2.05, 4.69) is 36.2 Å². The number of fused-ring (bicyclic) bond motifs is 1. The first-order chi connectivity index (χ1) is 11.2. The third kappa shape index (κ3) is 3.28. The normalized spacial score (nSPS) is 21.9. The first-order valence-electron chi connectivity index (χ1n) is 7.95. The molecule has 130 valence electrons. The maximum atomic E-state index is 12.8. The molecule has 9 heteroatoms. The van der Waals surface area contributed by atoms with Gasteiger partial charge in [0, 0.05) is 57.7 Å². The Morgan fingerprint density at radius 1 is 1.25 bits per heavy atom. The lowest BCUT2D eigenvalue weighted by Gasteiger charge is -2.32. The predicted molar refractivity (Wildman–Crippen MR) is 96.7 cm³/mol. The van der Waals surface area contributed by atoms with E-state index in [1.165, 1.54) is 0 Å². The van der Waals surface area contributed by atoms with Crippen molar-refractivity contribution in [2.75, 3.05) is 39.3 Å². The molecular weight excluding hydrogens is 396 g/mol. The number of hydrogen-bond acceptors (Lipinski definition) is 5. The summed E-state index contributed by atoms with van der Waals surface area (Å²) >= 11 is 3.37. The van der Waals surface area contributed by atoms with Crippen LogP contribution in [0, 0.1) is 0 Å². The molecule has 2 aliphatic rings. The van der Waals surface area contributed by atoms with Gasteiger partial charge in [0.25, 0.3) is 5.91 Å². The molecule has 0 bridgehead atoms. The standard InChI is InChI=1S/C15H19BrN6O.ClH/c16-11-7-18-14-13(8-19-22(14)9-11)15(23)21-4-1-12(10-21)20-5-2-17-3-6-20;/h7-9,12,17H,1-6,10H2;1H. The summed E-state index contributed by atoms with van der Waals surface area (Å²) in [5.74, 6) is 0.0347. The fraction of sp³-hybridized carbons (Fsp3) is 0.533. The summed E-state index contributed by atoms with van der Waals surface area (Å²) in [7, 11) is 0. The minimum atomic E-state index is 0. The molecule has 0 radical (unpaired) electrons. The second-order valence-corrected chi connectivity index (χ2v) is 6.99. The monoisotopic (exact) mass is 414 g/mol. The molecule has 0 aromatic carbocycles. The average Bonchev–Trinajstić information content (AvgIpc) is 3.22. The molecule has 2 aliphatic heterocycles. The van der Waals surface area contributed by atoms with Crippen LogP contribution in [0.4, 0.5) is 0 Å². The molecule has 4 rings (SSSR count). The van der Waals surface area contributed by atoms with Gasteiger partial charge in [0.2, 0.25) is 0 Å². The Kier molecular flexibility index (Phi) is 5.39.